The van der Waals surface area contributed by atoms with Gasteiger partial charge in [0.25, 0.3) is 0 Å². The fourth-order valence-electron chi connectivity index (χ4n) is 2.10. The molecule has 2 aromatic rings. The van der Waals surface area contributed by atoms with E-state index in [-0.39, 0.29) is 11.1 Å². The van der Waals surface area contributed by atoms with Crippen LogP contribution in [0.1, 0.15) is 23.4 Å². The highest BCUT2D eigenvalue weighted by Gasteiger charge is 2.18. The fourth-order valence-corrected chi connectivity index (χ4v) is 3.56. The first-order chi connectivity index (χ1) is 9.54. The summed E-state index contributed by atoms with van der Waals surface area (Å²) in [6.07, 6.45) is 0.501. The number of sulfone groups is 1. The first-order valence-corrected chi connectivity index (χ1v) is 8.63. The van der Waals surface area contributed by atoms with E-state index in [4.69, 9.17) is 11.6 Å². The molecule has 0 aliphatic heterocycles. The number of hydrogen-bond donors (Lipinski definition) is 0. The van der Waals surface area contributed by atoms with Crippen LogP contribution in [0.4, 0.5) is 0 Å². The zero-order valence-electron chi connectivity index (χ0n) is 11.3. The van der Waals surface area contributed by atoms with Gasteiger partial charge < -0.3 is 0 Å². The molecule has 0 bridgehead atoms. The second kappa shape index (κ2) is 6.42. The van der Waals surface area contributed by atoms with Gasteiger partial charge in [-0.25, -0.2) is 8.42 Å². The third-order valence-corrected chi connectivity index (χ3v) is 5.48. The predicted molar refractivity (Wildman–Crippen MR) is 82.9 cm³/mol. The Kier molecular flexibility index (Phi) is 4.84. The maximum Gasteiger partial charge on any atom is 0.178 e. The van der Waals surface area contributed by atoms with Crippen LogP contribution in [0, 0.1) is 0 Å². The van der Waals surface area contributed by atoms with E-state index in [9.17, 15) is 8.42 Å². The van der Waals surface area contributed by atoms with Gasteiger partial charge in [-0.3, -0.25) is 0 Å². The lowest BCUT2D eigenvalue weighted by atomic mass is 10.0. The zero-order valence-corrected chi connectivity index (χ0v) is 12.9. The minimum absolute atomic E-state index is 0.0995. The smallest absolute Gasteiger partial charge is 0.178 e. The van der Waals surface area contributed by atoms with Crippen LogP contribution in [0.15, 0.2) is 59.5 Å². The lowest BCUT2D eigenvalue weighted by molar-refractivity contribution is 0.596. The molecule has 0 aliphatic rings. The summed E-state index contributed by atoms with van der Waals surface area (Å²) in [6, 6.07) is 16.8. The molecule has 0 spiro atoms. The van der Waals surface area contributed by atoms with Gasteiger partial charge in [0.05, 0.1) is 16.0 Å². The predicted octanol–water partition coefficient (Wildman–Crippen LogP) is 4.00. The average Bonchev–Trinajstić information content (AvgIpc) is 2.48. The Hall–Kier alpha value is -1.32. The average molecular weight is 309 g/mol. The van der Waals surface area contributed by atoms with Crippen LogP contribution >= 0.6 is 11.6 Å². The molecular formula is C16H17ClO2S. The first-order valence-electron chi connectivity index (χ1n) is 6.54. The molecule has 1 unspecified atom stereocenters. The number of hydrogen-bond acceptors (Lipinski definition) is 2. The number of rotatable bonds is 5. The van der Waals surface area contributed by atoms with Crippen molar-refractivity contribution in [3.63, 3.8) is 0 Å². The van der Waals surface area contributed by atoms with Gasteiger partial charge in [-0.05, 0) is 23.6 Å². The van der Waals surface area contributed by atoms with Crippen LogP contribution in [0.2, 0.25) is 0 Å². The third kappa shape index (κ3) is 3.41. The molecule has 2 aromatic carbocycles. The van der Waals surface area contributed by atoms with E-state index >= 15 is 0 Å². The maximum atomic E-state index is 12.1. The summed E-state index contributed by atoms with van der Waals surface area (Å²) in [4.78, 5) is 0.393. The van der Waals surface area contributed by atoms with Crippen molar-refractivity contribution < 1.29 is 8.42 Å². The summed E-state index contributed by atoms with van der Waals surface area (Å²) >= 11 is 6.41. The van der Waals surface area contributed by atoms with Crippen molar-refractivity contribution in [2.24, 2.45) is 0 Å². The second-order valence-electron chi connectivity index (χ2n) is 4.59. The van der Waals surface area contributed by atoms with Gasteiger partial charge in [0.1, 0.15) is 0 Å². The SMILES string of the molecule is CCS(=O)(=O)c1ccccc1CC(Cl)c1ccccc1. The van der Waals surface area contributed by atoms with Gasteiger partial charge in [-0.2, -0.15) is 0 Å². The van der Waals surface area contributed by atoms with E-state index in [1.807, 2.05) is 42.5 Å². The van der Waals surface area contributed by atoms with E-state index in [0.29, 0.717) is 11.3 Å². The molecule has 2 nitrogen and oxygen atoms in total. The van der Waals surface area contributed by atoms with Gasteiger partial charge in [-0.1, -0.05) is 55.5 Å². The molecule has 0 fully saturated rings. The molecule has 2 rings (SSSR count). The fraction of sp³-hybridized carbons (Fsp3) is 0.250. The minimum atomic E-state index is -3.22. The van der Waals surface area contributed by atoms with E-state index in [0.717, 1.165) is 11.1 Å². The largest absolute Gasteiger partial charge is 0.224 e. The van der Waals surface area contributed by atoms with Crippen molar-refractivity contribution >= 4 is 21.4 Å². The molecule has 0 aliphatic carbocycles. The highest BCUT2D eigenvalue weighted by molar-refractivity contribution is 7.91. The Morgan fingerprint density at radius 1 is 1.00 bits per heavy atom. The molecule has 0 N–H and O–H groups in total. The Balaban J connectivity index is 2.31. The Morgan fingerprint density at radius 2 is 1.60 bits per heavy atom. The Morgan fingerprint density at radius 3 is 2.25 bits per heavy atom. The lowest BCUT2D eigenvalue weighted by Crippen LogP contribution is -2.08. The van der Waals surface area contributed by atoms with Crippen molar-refractivity contribution in [3.8, 4) is 0 Å². The molecule has 0 saturated carbocycles. The van der Waals surface area contributed by atoms with Crippen LogP contribution in [0.3, 0.4) is 0 Å². The second-order valence-corrected chi connectivity index (χ2v) is 7.37. The standard InChI is InChI=1S/C16H17ClO2S/c1-2-20(18,19)16-11-7-6-10-14(16)12-15(17)13-8-4-3-5-9-13/h3-11,15H,2,12H2,1H3. The number of halogens is 1. The monoisotopic (exact) mass is 308 g/mol. The van der Waals surface area contributed by atoms with E-state index in [1.165, 1.54) is 0 Å². The molecule has 20 heavy (non-hydrogen) atoms. The summed E-state index contributed by atoms with van der Waals surface area (Å²) in [5.74, 6) is 0.0995. The lowest BCUT2D eigenvalue weighted by Gasteiger charge is -2.13. The third-order valence-electron chi connectivity index (χ3n) is 3.25. The molecule has 0 heterocycles. The molecule has 0 radical (unpaired) electrons. The molecule has 0 aromatic heterocycles. The van der Waals surface area contributed by atoms with Gasteiger partial charge >= 0.3 is 0 Å². The van der Waals surface area contributed by atoms with E-state index in [2.05, 4.69) is 0 Å². The molecule has 106 valence electrons. The van der Waals surface area contributed by atoms with Crippen LogP contribution in [0.5, 0.6) is 0 Å². The summed E-state index contributed by atoms with van der Waals surface area (Å²) in [5, 5.41) is -0.232. The van der Waals surface area contributed by atoms with Gasteiger partial charge in [0.15, 0.2) is 9.84 Å². The Labute approximate surface area is 125 Å². The van der Waals surface area contributed by atoms with Crippen molar-refractivity contribution in [3.05, 3.63) is 65.7 Å². The highest BCUT2D eigenvalue weighted by Crippen LogP contribution is 2.28. The van der Waals surface area contributed by atoms with E-state index < -0.39 is 9.84 Å². The van der Waals surface area contributed by atoms with Gasteiger partial charge in [-0.15, -0.1) is 11.6 Å². The molecule has 0 saturated heterocycles. The van der Waals surface area contributed by atoms with Gasteiger partial charge in [0.2, 0.25) is 0 Å². The van der Waals surface area contributed by atoms with Crippen LogP contribution < -0.4 is 0 Å². The van der Waals surface area contributed by atoms with E-state index in [1.54, 1.807) is 19.1 Å². The minimum Gasteiger partial charge on any atom is -0.224 e. The Bertz CT molecular complexity index is 666. The molecule has 1 atom stereocenters. The van der Waals surface area contributed by atoms with Gasteiger partial charge in [0, 0.05) is 0 Å². The summed E-state index contributed by atoms with van der Waals surface area (Å²) < 4.78 is 24.2. The van der Waals surface area contributed by atoms with Crippen LogP contribution in [-0.4, -0.2) is 14.2 Å². The number of alkyl halides is 1. The normalized spacial score (nSPS) is 13.1. The summed E-state index contributed by atoms with van der Waals surface area (Å²) in [5.41, 5.74) is 1.77. The highest BCUT2D eigenvalue weighted by atomic mass is 35.5. The number of benzene rings is 2. The van der Waals surface area contributed by atoms with Crippen molar-refractivity contribution in [1.82, 2.24) is 0 Å². The zero-order chi connectivity index (χ0) is 14.6. The van der Waals surface area contributed by atoms with Crippen molar-refractivity contribution in [2.75, 3.05) is 5.75 Å². The van der Waals surface area contributed by atoms with Crippen LogP contribution in [-0.2, 0) is 16.3 Å². The van der Waals surface area contributed by atoms with Crippen LogP contribution in [0.25, 0.3) is 0 Å². The topological polar surface area (TPSA) is 34.1 Å². The first kappa shape index (κ1) is 15.1. The van der Waals surface area contributed by atoms with Crippen molar-refractivity contribution in [2.45, 2.75) is 23.6 Å². The van der Waals surface area contributed by atoms with Crippen molar-refractivity contribution in [1.29, 1.82) is 0 Å². The quantitative estimate of drug-likeness (QED) is 0.782. The molecule has 4 heteroatoms. The maximum absolute atomic E-state index is 12.1. The molecule has 0 amide bonds. The summed E-state index contributed by atoms with van der Waals surface area (Å²) in [6.45, 7) is 1.65. The summed E-state index contributed by atoms with van der Waals surface area (Å²) in [7, 11) is -3.22. The molecular weight excluding hydrogens is 292 g/mol.